The Morgan fingerprint density at radius 2 is 2.35 bits per heavy atom. The fourth-order valence-corrected chi connectivity index (χ4v) is 3.21. The first-order valence-corrected chi connectivity index (χ1v) is 6.87. The Balaban J connectivity index is 2.00. The Kier molecular flexibility index (Phi) is 3.76. The van der Waals surface area contributed by atoms with Gasteiger partial charge in [0.05, 0.1) is 7.11 Å². The summed E-state index contributed by atoms with van der Waals surface area (Å²) in [6, 6.07) is 1.83. The van der Waals surface area contributed by atoms with Crippen LogP contribution in [0.2, 0.25) is 0 Å². The molecule has 0 radical (unpaired) electrons. The Bertz CT molecular complexity index is 391. The fraction of sp³-hybridized carbons (Fsp3) is 0.667. The van der Waals surface area contributed by atoms with Crippen LogP contribution in [-0.2, 0) is 0 Å². The molecular formula is C12H19N3OS. The van der Waals surface area contributed by atoms with E-state index in [9.17, 15) is 0 Å². The van der Waals surface area contributed by atoms with Crippen molar-refractivity contribution in [2.24, 2.45) is 0 Å². The molecule has 1 aliphatic rings. The fourth-order valence-electron chi connectivity index (χ4n) is 1.97. The minimum Gasteiger partial charge on any atom is -0.481 e. The molecule has 1 N–H and O–H groups in total. The smallest absolute Gasteiger partial charge is 0.226 e. The van der Waals surface area contributed by atoms with Crippen LogP contribution < -0.4 is 10.1 Å². The summed E-state index contributed by atoms with van der Waals surface area (Å²) in [5.74, 6) is 2.54. The molecule has 0 amide bonds. The van der Waals surface area contributed by atoms with E-state index in [1.807, 2.05) is 24.8 Å². The zero-order valence-corrected chi connectivity index (χ0v) is 11.4. The molecule has 0 spiro atoms. The van der Waals surface area contributed by atoms with Crippen molar-refractivity contribution < 1.29 is 4.74 Å². The van der Waals surface area contributed by atoms with Gasteiger partial charge in [0.1, 0.15) is 0 Å². The summed E-state index contributed by atoms with van der Waals surface area (Å²) in [4.78, 5) is 8.65. The maximum absolute atomic E-state index is 5.14. The van der Waals surface area contributed by atoms with E-state index < -0.39 is 0 Å². The number of aryl methyl sites for hydroxylation is 1. The van der Waals surface area contributed by atoms with E-state index in [1.165, 1.54) is 18.6 Å². The van der Waals surface area contributed by atoms with Crippen molar-refractivity contribution in [2.45, 2.75) is 31.4 Å². The highest BCUT2D eigenvalue weighted by Gasteiger charge is 2.29. The number of ether oxygens (including phenoxy) is 1. The molecule has 0 saturated carbocycles. The van der Waals surface area contributed by atoms with Crippen molar-refractivity contribution in [3.63, 3.8) is 0 Å². The largest absolute Gasteiger partial charge is 0.481 e. The molecule has 1 aromatic heterocycles. The van der Waals surface area contributed by atoms with E-state index in [2.05, 4.69) is 22.2 Å². The average molecular weight is 253 g/mol. The van der Waals surface area contributed by atoms with Crippen LogP contribution in [-0.4, -0.2) is 34.1 Å². The van der Waals surface area contributed by atoms with Gasteiger partial charge in [0.15, 0.2) is 0 Å². The SMILES string of the molecule is COc1cc(C)nc(NCC2(C)CCCS2)n1. The molecule has 5 heteroatoms. The summed E-state index contributed by atoms with van der Waals surface area (Å²) in [5, 5.41) is 3.32. The van der Waals surface area contributed by atoms with Crippen LogP contribution in [0.15, 0.2) is 6.07 Å². The molecule has 0 bridgehead atoms. The van der Waals surface area contributed by atoms with Gasteiger partial charge in [-0.25, -0.2) is 4.98 Å². The van der Waals surface area contributed by atoms with E-state index in [-0.39, 0.29) is 0 Å². The maximum Gasteiger partial charge on any atom is 0.226 e. The summed E-state index contributed by atoms with van der Waals surface area (Å²) in [5.41, 5.74) is 0.920. The highest BCUT2D eigenvalue weighted by atomic mass is 32.2. The normalized spacial score (nSPS) is 23.7. The van der Waals surface area contributed by atoms with E-state index >= 15 is 0 Å². The monoisotopic (exact) mass is 253 g/mol. The lowest BCUT2D eigenvalue weighted by Gasteiger charge is -2.22. The molecule has 0 aromatic carbocycles. The number of aromatic nitrogens is 2. The summed E-state index contributed by atoms with van der Waals surface area (Å²) < 4.78 is 5.46. The molecule has 1 saturated heterocycles. The van der Waals surface area contributed by atoms with E-state index in [1.54, 1.807) is 7.11 Å². The first kappa shape index (κ1) is 12.5. The van der Waals surface area contributed by atoms with Crippen LogP contribution in [0.5, 0.6) is 5.88 Å². The predicted octanol–water partition coefficient (Wildman–Crippen LogP) is 2.49. The van der Waals surface area contributed by atoms with Crippen LogP contribution in [0.25, 0.3) is 0 Å². The average Bonchev–Trinajstić information content (AvgIpc) is 2.73. The van der Waals surface area contributed by atoms with Crippen molar-refractivity contribution >= 4 is 17.7 Å². The number of hydrogen-bond donors (Lipinski definition) is 1. The third kappa shape index (κ3) is 3.25. The molecule has 1 aliphatic heterocycles. The van der Waals surface area contributed by atoms with E-state index in [0.29, 0.717) is 16.6 Å². The molecule has 1 unspecified atom stereocenters. The van der Waals surface area contributed by atoms with Crippen LogP contribution >= 0.6 is 11.8 Å². The molecule has 17 heavy (non-hydrogen) atoms. The molecule has 0 aliphatic carbocycles. The summed E-state index contributed by atoms with van der Waals surface area (Å²) in [6.07, 6.45) is 2.56. The molecule has 2 rings (SSSR count). The lowest BCUT2D eigenvalue weighted by Crippen LogP contribution is -2.27. The van der Waals surface area contributed by atoms with Crippen molar-refractivity contribution in [3.8, 4) is 5.88 Å². The number of nitrogens with zero attached hydrogens (tertiary/aromatic N) is 2. The number of thioether (sulfide) groups is 1. The van der Waals surface area contributed by atoms with E-state index in [4.69, 9.17) is 4.74 Å². The van der Waals surface area contributed by atoms with Crippen molar-refractivity contribution in [3.05, 3.63) is 11.8 Å². The quantitative estimate of drug-likeness (QED) is 0.893. The number of nitrogens with one attached hydrogen (secondary N) is 1. The Hall–Kier alpha value is -0.970. The van der Waals surface area contributed by atoms with Gasteiger partial charge in [0, 0.05) is 23.1 Å². The third-order valence-electron chi connectivity index (χ3n) is 2.96. The van der Waals surface area contributed by atoms with Gasteiger partial charge in [0.25, 0.3) is 0 Å². The van der Waals surface area contributed by atoms with Gasteiger partial charge >= 0.3 is 0 Å². The highest BCUT2D eigenvalue weighted by Crippen LogP contribution is 2.37. The molecular weight excluding hydrogens is 234 g/mol. The Morgan fingerprint density at radius 1 is 1.53 bits per heavy atom. The van der Waals surface area contributed by atoms with Gasteiger partial charge < -0.3 is 10.1 Å². The van der Waals surface area contributed by atoms with Crippen LogP contribution in [0, 0.1) is 6.92 Å². The minimum absolute atomic E-state index is 0.320. The standard InChI is InChI=1S/C12H19N3OS/c1-9-7-10(16-3)15-11(14-9)13-8-12(2)5-4-6-17-12/h7H,4-6,8H2,1-3H3,(H,13,14,15). The third-order valence-corrected chi connectivity index (χ3v) is 4.50. The molecule has 1 fully saturated rings. The molecule has 2 heterocycles. The van der Waals surface area contributed by atoms with Crippen LogP contribution in [0.1, 0.15) is 25.5 Å². The van der Waals surface area contributed by atoms with Crippen molar-refractivity contribution in [2.75, 3.05) is 24.7 Å². The van der Waals surface area contributed by atoms with E-state index in [0.717, 1.165) is 12.2 Å². The number of hydrogen-bond acceptors (Lipinski definition) is 5. The molecule has 1 atom stereocenters. The van der Waals surface area contributed by atoms with Crippen LogP contribution in [0.4, 0.5) is 5.95 Å². The van der Waals surface area contributed by atoms with Gasteiger partial charge in [-0.05, 0) is 32.4 Å². The van der Waals surface area contributed by atoms with Gasteiger partial charge in [-0.1, -0.05) is 0 Å². The first-order valence-electron chi connectivity index (χ1n) is 5.89. The minimum atomic E-state index is 0.320. The number of anilines is 1. The molecule has 94 valence electrons. The van der Waals surface area contributed by atoms with Gasteiger partial charge in [-0.2, -0.15) is 16.7 Å². The Labute approximate surface area is 107 Å². The topological polar surface area (TPSA) is 47.0 Å². The molecule has 1 aromatic rings. The van der Waals surface area contributed by atoms with Gasteiger partial charge in [0.2, 0.25) is 11.8 Å². The second-order valence-corrected chi connectivity index (χ2v) is 6.31. The van der Waals surface area contributed by atoms with Crippen LogP contribution in [0.3, 0.4) is 0 Å². The predicted molar refractivity (Wildman–Crippen MR) is 71.9 cm³/mol. The first-order chi connectivity index (χ1) is 8.11. The lowest BCUT2D eigenvalue weighted by molar-refractivity contribution is 0.397. The second-order valence-electron chi connectivity index (χ2n) is 4.63. The molecule has 4 nitrogen and oxygen atoms in total. The van der Waals surface area contributed by atoms with Crippen molar-refractivity contribution in [1.82, 2.24) is 9.97 Å². The summed E-state index contributed by atoms with van der Waals surface area (Å²) in [6.45, 7) is 5.15. The highest BCUT2D eigenvalue weighted by molar-refractivity contribution is 8.00. The van der Waals surface area contributed by atoms with Gasteiger partial charge in [-0.15, -0.1) is 0 Å². The lowest BCUT2D eigenvalue weighted by atomic mass is 10.1. The number of rotatable bonds is 4. The summed E-state index contributed by atoms with van der Waals surface area (Å²) in [7, 11) is 1.62. The summed E-state index contributed by atoms with van der Waals surface area (Å²) >= 11 is 2.03. The Morgan fingerprint density at radius 3 is 3.00 bits per heavy atom. The maximum atomic E-state index is 5.14. The zero-order chi connectivity index (χ0) is 12.3. The number of methoxy groups -OCH3 is 1. The second kappa shape index (κ2) is 5.12. The zero-order valence-electron chi connectivity index (χ0n) is 10.6. The van der Waals surface area contributed by atoms with Crippen molar-refractivity contribution in [1.29, 1.82) is 0 Å². The van der Waals surface area contributed by atoms with Gasteiger partial charge in [-0.3, -0.25) is 0 Å².